The van der Waals surface area contributed by atoms with Gasteiger partial charge in [-0.2, -0.15) is 0 Å². The van der Waals surface area contributed by atoms with Crippen LogP contribution < -0.4 is 5.09 Å². The second kappa shape index (κ2) is 2.63. The summed E-state index contributed by atoms with van der Waals surface area (Å²) in [5.41, 5.74) is 0. The molecule has 0 aromatic carbocycles. The molecule has 0 amide bonds. The smallest absolute Gasteiger partial charge is 0.306 e. The predicted molar refractivity (Wildman–Crippen MR) is 37.0 cm³/mol. The van der Waals surface area contributed by atoms with Crippen LogP contribution in [0.1, 0.15) is 12.8 Å². The molecule has 1 aliphatic rings. The molecule has 0 heterocycles. The summed E-state index contributed by atoms with van der Waals surface area (Å²) >= 11 is 0. The molecule has 0 bridgehead atoms. The first-order chi connectivity index (χ1) is 4.24. The van der Waals surface area contributed by atoms with Crippen LogP contribution in [-0.2, 0) is 4.79 Å². The van der Waals surface area contributed by atoms with Crippen LogP contribution in [0.4, 0.5) is 0 Å². The first-order valence-electron chi connectivity index (χ1n) is 2.93. The van der Waals surface area contributed by atoms with E-state index in [1.807, 2.05) is 0 Å². The van der Waals surface area contributed by atoms with Gasteiger partial charge in [0, 0.05) is 6.04 Å². The molecule has 3 nitrogen and oxygen atoms in total. The van der Waals surface area contributed by atoms with Crippen LogP contribution >= 0.6 is 9.39 Å². The van der Waals surface area contributed by atoms with Gasteiger partial charge in [-0.3, -0.25) is 9.88 Å². The first-order valence-corrected chi connectivity index (χ1v) is 3.50. The molecule has 0 aliphatic heterocycles. The Bertz CT molecular complexity index is 122. The molecule has 1 rings (SSSR count). The van der Waals surface area contributed by atoms with Gasteiger partial charge >= 0.3 is 5.97 Å². The van der Waals surface area contributed by atoms with E-state index in [1.54, 1.807) is 0 Å². The molecule has 0 radical (unpaired) electrons. The number of hydrogen-bond acceptors (Lipinski definition) is 2. The third-order valence-corrected chi connectivity index (χ3v) is 2.19. The number of aliphatic carboxylic acids is 1. The summed E-state index contributed by atoms with van der Waals surface area (Å²) in [6.07, 6.45) is 1.55. The second-order valence-electron chi connectivity index (χ2n) is 2.37. The summed E-state index contributed by atoms with van der Waals surface area (Å²) in [5.74, 6) is -0.755. The van der Waals surface area contributed by atoms with E-state index >= 15 is 0 Å². The van der Waals surface area contributed by atoms with Crippen molar-refractivity contribution in [3.05, 3.63) is 0 Å². The third kappa shape index (κ3) is 1.41. The number of nitrogens with one attached hydrogen (secondary N) is 1. The van der Waals surface area contributed by atoms with Crippen molar-refractivity contribution in [2.75, 3.05) is 0 Å². The quantitative estimate of drug-likeness (QED) is 0.549. The monoisotopic (exact) mass is 147 g/mol. The maximum Gasteiger partial charge on any atom is 0.306 e. The van der Waals surface area contributed by atoms with Crippen molar-refractivity contribution in [1.29, 1.82) is 0 Å². The summed E-state index contributed by atoms with van der Waals surface area (Å²) < 4.78 is 0. The van der Waals surface area contributed by atoms with Crippen LogP contribution in [0.25, 0.3) is 0 Å². The lowest BCUT2D eigenvalue weighted by Gasteiger charge is -2.31. The molecule has 9 heavy (non-hydrogen) atoms. The molecule has 0 saturated heterocycles. The van der Waals surface area contributed by atoms with E-state index in [-0.39, 0.29) is 5.92 Å². The van der Waals surface area contributed by atoms with Gasteiger partial charge in [0.25, 0.3) is 0 Å². The minimum absolute atomic E-state index is 0.0944. The van der Waals surface area contributed by atoms with Crippen LogP contribution in [0.5, 0.6) is 0 Å². The van der Waals surface area contributed by atoms with E-state index in [0.29, 0.717) is 6.04 Å². The number of rotatable bonds is 2. The number of hydrogen-bond donors (Lipinski definition) is 2. The Hall–Kier alpha value is -0.140. The molecule has 0 aromatic heterocycles. The average Bonchev–Trinajstić information content (AvgIpc) is 1.61. The molecule has 1 saturated carbocycles. The molecule has 1 aliphatic carbocycles. The van der Waals surface area contributed by atoms with Crippen molar-refractivity contribution < 1.29 is 9.90 Å². The largest absolute Gasteiger partial charge is 0.481 e. The number of carboxylic acids is 1. The minimum Gasteiger partial charge on any atom is -0.481 e. The Kier molecular flexibility index (Phi) is 2.04. The van der Waals surface area contributed by atoms with Crippen LogP contribution in [0, 0.1) is 5.92 Å². The zero-order valence-electron chi connectivity index (χ0n) is 5.00. The normalized spacial score (nSPS) is 33.4. The van der Waals surface area contributed by atoms with Gasteiger partial charge in [0.15, 0.2) is 0 Å². The summed E-state index contributed by atoms with van der Waals surface area (Å²) in [5, 5.41) is 11.4. The Labute approximate surface area is 56.1 Å². The maximum absolute atomic E-state index is 10.2. The highest BCUT2D eigenvalue weighted by Crippen LogP contribution is 2.27. The molecule has 0 spiro atoms. The van der Waals surface area contributed by atoms with E-state index in [1.165, 1.54) is 0 Å². The molecule has 1 fully saturated rings. The van der Waals surface area contributed by atoms with Gasteiger partial charge in [-0.05, 0) is 12.8 Å². The summed E-state index contributed by atoms with van der Waals surface area (Å²) in [6, 6.07) is 0.413. The van der Waals surface area contributed by atoms with E-state index < -0.39 is 5.97 Å². The van der Waals surface area contributed by atoms with Crippen molar-refractivity contribution in [1.82, 2.24) is 5.09 Å². The maximum atomic E-state index is 10.2. The molecule has 52 valence electrons. The lowest BCUT2D eigenvalue weighted by molar-refractivity contribution is -0.145. The standard InChI is InChI=1S/C5H10NO2P/c7-5(8)3-1-4(2-3)6-9/h3-4,6H,1-2,9H2,(H,7,8). The molecule has 1 unspecified atom stereocenters. The highest BCUT2D eigenvalue weighted by Gasteiger charge is 2.32. The van der Waals surface area contributed by atoms with Crippen molar-refractivity contribution in [3.8, 4) is 0 Å². The van der Waals surface area contributed by atoms with Crippen molar-refractivity contribution in [2.24, 2.45) is 5.92 Å². The molecular formula is C5H10NO2P. The van der Waals surface area contributed by atoms with Crippen molar-refractivity contribution in [3.63, 3.8) is 0 Å². The first kappa shape index (κ1) is 6.97. The van der Waals surface area contributed by atoms with E-state index in [4.69, 9.17) is 5.11 Å². The van der Waals surface area contributed by atoms with Gasteiger partial charge in [0.05, 0.1) is 5.92 Å². The van der Waals surface area contributed by atoms with Crippen molar-refractivity contribution in [2.45, 2.75) is 18.9 Å². The Morgan fingerprint density at radius 1 is 1.67 bits per heavy atom. The fraction of sp³-hybridized carbons (Fsp3) is 0.800. The van der Waals surface area contributed by atoms with Gasteiger partial charge in [-0.1, -0.05) is 9.39 Å². The highest BCUT2D eigenvalue weighted by molar-refractivity contribution is 7.13. The number of carboxylic acid groups (broad SMARTS) is 1. The van der Waals surface area contributed by atoms with Gasteiger partial charge in [-0.15, -0.1) is 0 Å². The fourth-order valence-corrected chi connectivity index (χ4v) is 1.23. The molecule has 1 atom stereocenters. The van der Waals surface area contributed by atoms with Gasteiger partial charge < -0.3 is 5.11 Å². The van der Waals surface area contributed by atoms with Crippen LogP contribution in [0.2, 0.25) is 0 Å². The number of carbonyl (C=O) groups is 1. The average molecular weight is 147 g/mol. The Morgan fingerprint density at radius 3 is 2.56 bits per heavy atom. The molecule has 4 heteroatoms. The van der Waals surface area contributed by atoms with Gasteiger partial charge in [-0.25, -0.2) is 0 Å². The fourth-order valence-electron chi connectivity index (χ4n) is 0.956. The van der Waals surface area contributed by atoms with E-state index in [2.05, 4.69) is 14.5 Å². The van der Waals surface area contributed by atoms with Crippen molar-refractivity contribution >= 4 is 15.4 Å². The highest BCUT2D eigenvalue weighted by atomic mass is 31.0. The zero-order chi connectivity index (χ0) is 6.85. The Balaban J connectivity index is 2.19. The summed E-state index contributed by atoms with van der Waals surface area (Å²) in [4.78, 5) is 10.2. The minimum atomic E-state index is -0.661. The van der Waals surface area contributed by atoms with Crippen LogP contribution in [-0.4, -0.2) is 17.1 Å². The molecular weight excluding hydrogens is 137 g/mol. The zero-order valence-corrected chi connectivity index (χ0v) is 6.16. The summed E-state index contributed by atoms with van der Waals surface area (Å²) in [6.45, 7) is 0. The molecule has 0 aromatic rings. The lowest BCUT2D eigenvalue weighted by Crippen LogP contribution is -2.40. The third-order valence-electron chi connectivity index (χ3n) is 1.72. The SMILES string of the molecule is O=C(O)C1CC(NP)C1. The van der Waals surface area contributed by atoms with E-state index in [0.717, 1.165) is 12.8 Å². The van der Waals surface area contributed by atoms with Gasteiger partial charge in [0.1, 0.15) is 0 Å². The van der Waals surface area contributed by atoms with Crippen LogP contribution in [0.3, 0.4) is 0 Å². The van der Waals surface area contributed by atoms with E-state index in [9.17, 15) is 4.79 Å². The second-order valence-corrected chi connectivity index (χ2v) is 2.70. The summed E-state index contributed by atoms with van der Waals surface area (Å²) in [7, 11) is 2.40. The van der Waals surface area contributed by atoms with Crippen LogP contribution in [0.15, 0.2) is 0 Å². The predicted octanol–water partition coefficient (Wildman–Crippen LogP) is 0.229. The topological polar surface area (TPSA) is 49.3 Å². The molecule has 2 N–H and O–H groups in total. The Morgan fingerprint density at radius 2 is 2.22 bits per heavy atom. The van der Waals surface area contributed by atoms with Gasteiger partial charge in [0.2, 0.25) is 0 Å². The lowest BCUT2D eigenvalue weighted by atomic mass is 9.81.